The summed E-state index contributed by atoms with van der Waals surface area (Å²) in [5.74, 6) is 5.90. The number of carbonyl (C=O) groups excluding carboxylic acids is 1. The molecule has 0 saturated heterocycles. The van der Waals surface area contributed by atoms with E-state index in [9.17, 15) is 4.79 Å². The molecule has 0 spiro atoms. The second-order valence-corrected chi connectivity index (χ2v) is 4.27. The highest BCUT2D eigenvalue weighted by molar-refractivity contribution is 5.73. The zero-order chi connectivity index (χ0) is 13.7. The molecule has 0 aliphatic rings. The molecule has 0 atom stereocenters. The number of nitrogens with two attached hydrogens (primary N) is 1. The predicted octanol–water partition coefficient (Wildman–Crippen LogP) is 1.34. The maximum atomic E-state index is 11.0. The van der Waals surface area contributed by atoms with E-state index in [1.54, 1.807) is 7.11 Å². The van der Waals surface area contributed by atoms with Gasteiger partial charge in [0, 0.05) is 6.54 Å². The highest BCUT2D eigenvalue weighted by Crippen LogP contribution is 2.27. The zero-order valence-electron chi connectivity index (χ0n) is 11.4. The Balaban J connectivity index is 2.83. The Morgan fingerprint density at radius 3 is 2.56 bits per heavy atom. The first-order chi connectivity index (χ1) is 8.51. The maximum absolute atomic E-state index is 11.0. The van der Waals surface area contributed by atoms with Crippen LogP contribution in [0.2, 0.25) is 0 Å². The number of hydrogen-bond donors (Lipinski definition) is 3. The molecule has 1 aromatic rings. The number of amides is 2. The fraction of sp³-hybridized carbons (Fsp3) is 0.462. The molecule has 5 nitrogen and oxygen atoms in total. The fourth-order valence-electron chi connectivity index (χ4n) is 2.05. The summed E-state index contributed by atoms with van der Waals surface area (Å²) in [6.07, 6.45) is 0.774. The van der Waals surface area contributed by atoms with Crippen molar-refractivity contribution >= 4 is 6.03 Å². The molecule has 0 aliphatic heterocycles. The summed E-state index contributed by atoms with van der Waals surface area (Å²) in [5.41, 5.74) is 6.80. The zero-order valence-corrected chi connectivity index (χ0v) is 11.4. The van der Waals surface area contributed by atoms with Crippen molar-refractivity contribution < 1.29 is 9.53 Å². The molecule has 100 valence electrons. The number of rotatable bonds is 4. The first-order valence-electron chi connectivity index (χ1n) is 5.89. The number of methoxy groups -OCH3 is 1. The normalized spacial score (nSPS) is 10.1. The molecule has 4 N–H and O–H groups in total. The molecule has 0 bridgehead atoms. The van der Waals surface area contributed by atoms with E-state index >= 15 is 0 Å². The molecular formula is C13H21N3O2. The Morgan fingerprint density at radius 1 is 1.33 bits per heavy atom. The van der Waals surface area contributed by atoms with Crippen molar-refractivity contribution in [2.24, 2.45) is 5.84 Å². The van der Waals surface area contributed by atoms with E-state index < -0.39 is 0 Å². The summed E-state index contributed by atoms with van der Waals surface area (Å²) < 4.78 is 5.33. The quantitative estimate of drug-likeness (QED) is 0.429. The number of aryl methyl sites for hydroxylation is 1. The molecule has 0 saturated carbocycles. The van der Waals surface area contributed by atoms with Crippen molar-refractivity contribution in [2.45, 2.75) is 27.2 Å². The van der Waals surface area contributed by atoms with Gasteiger partial charge in [-0.15, -0.1) is 0 Å². The van der Waals surface area contributed by atoms with Gasteiger partial charge in [-0.2, -0.15) is 0 Å². The van der Waals surface area contributed by atoms with Crippen LogP contribution in [0.15, 0.2) is 6.07 Å². The average Bonchev–Trinajstić information content (AvgIpc) is 2.37. The Hall–Kier alpha value is -1.75. The van der Waals surface area contributed by atoms with Crippen molar-refractivity contribution in [3.8, 4) is 5.75 Å². The van der Waals surface area contributed by atoms with Crippen LogP contribution in [0, 0.1) is 20.8 Å². The third kappa shape index (κ3) is 3.13. The molecule has 1 aromatic carbocycles. The van der Waals surface area contributed by atoms with Gasteiger partial charge in [0.1, 0.15) is 5.75 Å². The van der Waals surface area contributed by atoms with E-state index in [1.165, 1.54) is 16.7 Å². The summed E-state index contributed by atoms with van der Waals surface area (Å²) >= 11 is 0. The maximum Gasteiger partial charge on any atom is 0.328 e. The topological polar surface area (TPSA) is 76.4 Å². The number of benzene rings is 1. The Bertz CT molecular complexity index is 444. The van der Waals surface area contributed by atoms with Crippen LogP contribution in [0.3, 0.4) is 0 Å². The predicted molar refractivity (Wildman–Crippen MR) is 71.6 cm³/mol. The molecule has 5 heteroatoms. The van der Waals surface area contributed by atoms with Crippen LogP contribution in [0.4, 0.5) is 4.79 Å². The van der Waals surface area contributed by atoms with Gasteiger partial charge in [0.15, 0.2) is 0 Å². The summed E-state index contributed by atoms with van der Waals surface area (Å²) in [7, 11) is 1.67. The van der Waals surface area contributed by atoms with Gasteiger partial charge in [0.25, 0.3) is 0 Å². The Labute approximate surface area is 108 Å². The van der Waals surface area contributed by atoms with E-state index in [4.69, 9.17) is 10.6 Å². The van der Waals surface area contributed by atoms with Crippen molar-refractivity contribution in [1.82, 2.24) is 10.7 Å². The number of ether oxygens (including phenoxy) is 1. The summed E-state index contributed by atoms with van der Waals surface area (Å²) in [6.45, 7) is 6.71. The van der Waals surface area contributed by atoms with Crippen LogP contribution in [0.5, 0.6) is 5.75 Å². The minimum absolute atomic E-state index is 0.365. The molecule has 0 radical (unpaired) electrons. The molecule has 1 rings (SSSR count). The van der Waals surface area contributed by atoms with Crippen molar-refractivity contribution in [3.05, 3.63) is 28.3 Å². The van der Waals surface area contributed by atoms with Gasteiger partial charge in [-0.1, -0.05) is 0 Å². The van der Waals surface area contributed by atoms with Gasteiger partial charge < -0.3 is 10.1 Å². The molecular weight excluding hydrogens is 230 g/mol. The molecule has 18 heavy (non-hydrogen) atoms. The molecule has 0 aliphatic carbocycles. The van der Waals surface area contributed by atoms with Crippen LogP contribution in [-0.4, -0.2) is 19.7 Å². The molecule has 0 fully saturated rings. The number of hydrazine groups is 1. The second kappa shape index (κ2) is 6.26. The first kappa shape index (κ1) is 14.3. The largest absolute Gasteiger partial charge is 0.496 e. The van der Waals surface area contributed by atoms with Gasteiger partial charge in [-0.25, -0.2) is 10.6 Å². The van der Waals surface area contributed by atoms with Crippen LogP contribution in [0.1, 0.15) is 22.3 Å². The number of urea groups is 1. The van der Waals surface area contributed by atoms with Gasteiger partial charge in [-0.3, -0.25) is 5.43 Å². The lowest BCUT2D eigenvalue weighted by atomic mass is 9.95. The number of hydrogen-bond acceptors (Lipinski definition) is 3. The lowest BCUT2D eigenvalue weighted by Crippen LogP contribution is -2.40. The first-order valence-corrected chi connectivity index (χ1v) is 5.89. The van der Waals surface area contributed by atoms with E-state index in [-0.39, 0.29) is 6.03 Å². The Morgan fingerprint density at radius 2 is 2.00 bits per heavy atom. The van der Waals surface area contributed by atoms with E-state index in [0.29, 0.717) is 6.54 Å². The SMILES string of the molecule is COc1cc(C)c(CCNC(=O)NN)c(C)c1C. The average molecular weight is 251 g/mol. The van der Waals surface area contributed by atoms with Gasteiger partial charge in [0.05, 0.1) is 7.11 Å². The van der Waals surface area contributed by atoms with Crippen molar-refractivity contribution in [2.75, 3.05) is 13.7 Å². The van der Waals surface area contributed by atoms with Crippen molar-refractivity contribution in [3.63, 3.8) is 0 Å². The number of nitrogens with one attached hydrogen (secondary N) is 2. The highest BCUT2D eigenvalue weighted by atomic mass is 16.5. The van der Waals surface area contributed by atoms with E-state index in [2.05, 4.69) is 12.2 Å². The van der Waals surface area contributed by atoms with Gasteiger partial charge in [-0.05, 0) is 55.5 Å². The standard InChI is InChI=1S/C13H21N3O2/c1-8-7-12(18-4)10(3)9(2)11(8)5-6-15-13(17)16-14/h7H,5-6,14H2,1-4H3,(H2,15,16,17). The van der Waals surface area contributed by atoms with E-state index in [0.717, 1.165) is 17.7 Å². The van der Waals surface area contributed by atoms with Crippen LogP contribution >= 0.6 is 0 Å². The van der Waals surface area contributed by atoms with Gasteiger partial charge in [0.2, 0.25) is 0 Å². The minimum Gasteiger partial charge on any atom is -0.496 e. The summed E-state index contributed by atoms with van der Waals surface area (Å²) in [5, 5.41) is 2.68. The third-order valence-electron chi connectivity index (χ3n) is 3.22. The molecule has 2 amide bonds. The lowest BCUT2D eigenvalue weighted by Gasteiger charge is -2.16. The smallest absolute Gasteiger partial charge is 0.328 e. The molecule has 0 heterocycles. The minimum atomic E-state index is -0.365. The second-order valence-electron chi connectivity index (χ2n) is 4.27. The van der Waals surface area contributed by atoms with Crippen LogP contribution in [-0.2, 0) is 6.42 Å². The van der Waals surface area contributed by atoms with Crippen LogP contribution in [0.25, 0.3) is 0 Å². The highest BCUT2D eigenvalue weighted by Gasteiger charge is 2.10. The summed E-state index contributed by atoms with van der Waals surface area (Å²) in [4.78, 5) is 11.0. The monoisotopic (exact) mass is 251 g/mol. The molecule has 0 unspecified atom stereocenters. The summed E-state index contributed by atoms with van der Waals surface area (Å²) in [6, 6.07) is 1.66. The lowest BCUT2D eigenvalue weighted by molar-refractivity contribution is 0.241. The number of carbonyl (C=O) groups is 1. The van der Waals surface area contributed by atoms with Crippen LogP contribution < -0.4 is 21.3 Å². The van der Waals surface area contributed by atoms with E-state index in [1.807, 2.05) is 25.3 Å². The third-order valence-corrected chi connectivity index (χ3v) is 3.22. The fourth-order valence-corrected chi connectivity index (χ4v) is 2.05. The Kier molecular flexibility index (Phi) is 4.97. The molecule has 0 aromatic heterocycles. The van der Waals surface area contributed by atoms with Gasteiger partial charge >= 0.3 is 6.03 Å². The van der Waals surface area contributed by atoms with Crippen molar-refractivity contribution in [1.29, 1.82) is 0 Å².